The van der Waals surface area contributed by atoms with Crippen molar-refractivity contribution in [3.05, 3.63) is 52.8 Å². The van der Waals surface area contributed by atoms with Crippen molar-refractivity contribution in [1.82, 2.24) is 20.5 Å². The molecule has 0 bridgehead atoms. The van der Waals surface area contributed by atoms with Gasteiger partial charge in [-0.2, -0.15) is 5.10 Å². The number of nitrogen functional groups attached to an aromatic ring is 1. The van der Waals surface area contributed by atoms with Crippen LogP contribution in [0.5, 0.6) is 0 Å². The van der Waals surface area contributed by atoms with E-state index in [-0.39, 0.29) is 5.91 Å². The molecular weight excluding hydrogens is 254 g/mol. The fraction of sp³-hybridized carbons (Fsp3) is 0.286. The molecule has 0 saturated heterocycles. The van der Waals surface area contributed by atoms with Crippen LogP contribution in [0.3, 0.4) is 0 Å². The van der Waals surface area contributed by atoms with E-state index >= 15 is 0 Å². The lowest BCUT2D eigenvalue weighted by atomic mass is 10.0. The van der Waals surface area contributed by atoms with Gasteiger partial charge in [-0.05, 0) is 5.56 Å². The Hall–Kier alpha value is -2.18. The third-order valence-corrected chi connectivity index (χ3v) is 3.61. The number of nitrogens with one attached hydrogen (secondary N) is 2. The molecule has 0 aliphatic carbocycles. The fourth-order valence-corrected chi connectivity index (χ4v) is 2.58. The Morgan fingerprint density at radius 3 is 2.95 bits per heavy atom. The molecule has 0 fully saturated rings. The second-order valence-electron chi connectivity index (χ2n) is 4.95. The number of hydrogen-bond donors (Lipinski definition) is 3. The van der Waals surface area contributed by atoms with Gasteiger partial charge in [0.05, 0.1) is 0 Å². The van der Waals surface area contributed by atoms with Crippen molar-refractivity contribution in [2.45, 2.75) is 19.5 Å². The molecule has 2 aromatic rings. The van der Waals surface area contributed by atoms with Gasteiger partial charge < -0.3 is 0 Å². The first kappa shape index (κ1) is 12.8. The molecule has 6 heteroatoms. The number of hydrazine groups is 1. The second kappa shape index (κ2) is 5.44. The molecular formula is C14H17N5O. The summed E-state index contributed by atoms with van der Waals surface area (Å²) in [5.41, 5.74) is 5.80. The van der Waals surface area contributed by atoms with Crippen molar-refractivity contribution in [2.75, 3.05) is 6.54 Å². The van der Waals surface area contributed by atoms with Gasteiger partial charge in [0.25, 0.3) is 5.91 Å². The Labute approximate surface area is 116 Å². The van der Waals surface area contributed by atoms with E-state index in [2.05, 4.69) is 32.7 Å². The predicted octanol–water partition coefficient (Wildman–Crippen LogP) is 0.571. The van der Waals surface area contributed by atoms with Crippen LogP contribution in [0.1, 0.15) is 27.3 Å². The topological polar surface area (TPSA) is 87.0 Å². The van der Waals surface area contributed by atoms with E-state index in [1.54, 1.807) is 0 Å². The first-order valence-electron chi connectivity index (χ1n) is 6.61. The number of amides is 1. The molecule has 20 heavy (non-hydrogen) atoms. The van der Waals surface area contributed by atoms with Crippen LogP contribution in [0, 0.1) is 0 Å². The smallest absolute Gasteiger partial charge is 0.285 e. The summed E-state index contributed by atoms with van der Waals surface area (Å²) in [5.74, 6) is 4.84. The molecule has 2 heterocycles. The third kappa shape index (κ3) is 2.43. The summed E-state index contributed by atoms with van der Waals surface area (Å²) < 4.78 is 0. The van der Waals surface area contributed by atoms with E-state index in [1.807, 2.05) is 18.2 Å². The summed E-state index contributed by atoms with van der Waals surface area (Å²) in [4.78, 5) is 14.0. The number of aromatic amines is 1. The summed E-state index contributed by atoms with van der Waals surface area (Å²) >= 11 is 0. The van der Waals surface area contributed by atoms with Crippen molar-refractivity contribution in [1.29, 1.82) is 0 Å². The van der Waals surface area contributed by atoms with Crippen LogP contribution in [0.25, 0.3) is 0 Å². The van der Waals surface area contributed by atoms with Crippen LogP contribution in [-0.2, 0) is 19.5 Å². The molecule has 4 N–H and O–H groups in total. The molecule has 1 aliphatic heterocycles. The van der Waals surface area contributed by atoms with Gasteiger partial charge in [0, 0.05) is 37.3 Å². The molecule has 1 aliphatic rings. The molecule has 1 aromatic heterocycles. The van der Waals surface area contributed by atoms with Crippen molar-refractivity contribution < 1.29 is 4.79 Å². The van der Waals surface area contributed by atoms with Gasteiger partial charge in [0.1, 0.15) is 0 Å². The SMILES string of the molecule is NNC(=O)c1n[nH]c2c1CN(Cc1ccccc1)CC2. The fourth-order valence-electron chi connectivity index (χ4n) is 2.58. The molecule has 0 saturated carbocycles. The second-order valence-corrected chi connectivity index (χ2v) is 4.95. The molecule has 104 valence electrons. The Morgan fingerprint density at radius 2 is 2.20 bits per heavy atom. The third-order valence-electron chi connectivity index (χ3n) is 3.61. The van der Waals surface area contributed by atoms with Gasteiger partial charge in [-0.3, -0.25) is 20.2 Å². The van der Waals surface area contributed by atoms with E-state index in [0.717, 1.165) is 30.8 Å². The number of hydrogen-bond acceptors (Lipinski definition) is 4. The molecule has 1 aromatic carbocycles. The largest absolute Gasteiger partial charge is 0.294 e. The number of nitrogens with zero attached hydrogens (tertiary/aromatic N) is 2. The standard InChI is InChI=1S/C14H17N5O/c15-16-14(20)13-11-9-19(7-6-12(11)17-18-13)8-10-4-2-1-3-5-10/h1-5H,6-9,15H2,(H,16,20)(H,17,18). The highest BCUT2D eigenvalue weighted by atomic mass is 16.2. The minimum atomic E-state index is -0.343. The zero-order valence-corrected chi connectivity index (χ0v) is 11.1. The number of carbonyl (C=O) groups excluding carboxylic acids is 1. The average molecular weight is 271 g/mol. The van der Waals surface area contributed by atoms with Gasteiger partial charge in [-0.1, -0.05) is 30.3 Å². The summed E-state index contributed by atoms with van der Waals surface area (Å²) in [5, 5.41) is 7.00. The average Bonchev–Trinajstić information content (AvgIpc) is 2.91. The number of aromatic nitrogens is 2. The first-order valence-corrected chi connectivity index (χ1v) is 6.61. The van der Waals surface area contributed by atoms with E-state index in [4.69, 9.17) is 5.84 Å². The molecule has 0 spiro atoms. The van der Waals surface area contributed by atoms with Gasteiger partial charge in [0.15, 0.2) is 5.69 Å². The number of carbonyl (C=O) groups is 1. The highest BCUT2D eigenvalue weighted by Gasteiger charge is 2.24. The Kier molecular flexibility index (Phi) is 3.49. The summed E-state index contributed by atoms with van der Waals surface area (Å²) in [6.45, 7) is 2.53. The van der Waals surface area contributed by atoms with E-state index < -0.39 is 0 Å². The number of H-pyrrole nitrogens is 1. The maximum absolute atomic E-state index is 11.7. The van der Waals surface area contributed by atoms with Crippen molar-refractivity contribution in [3.63, 3.8) is 0 Å². The minimum Gasteiger partial charge on any atom is -0.294 e. The molecule has 3 rings (SSSR count). The predicted molar refractivity (Wildman–Crippen MR) is 74.5 cm³/mol. The van der Waals surface area contributed by atoms with E-state index in [9.17, 15) is 4.79 Å². The zero-order valence-electron chi connectivity index (χ0n) is 11.1. The summed E-state index contributed by atoms with van der Waals surface area (Å²) in [6, 6.07) is 10.3. The molecule has 1 amide bonds. The Morgan fingerprint density at radius 1 is 1.40 bits per heavy atom. The lowest BCUT2D eigenvalue weighted by Gasteiger charge is -2.26. The van der Waals surface area contributed by atoms with Crippen molar-refractivity contribution >= 4 is 5.91 Å². The Bertz CT molecular complexity index is 607. The van der Waals surface area contributed by atoms with Gasteiger partial charge in [-0.15, -0.1) is 0 Å². The highest BCUT2D eigenvalue weighted by Crippen LogP contribution is 2.21. The van der Waals surface area contributed by atoms with Crippen LogP contribution >= 0.6 is 0 Å². The van der Waals surface area contributed by atoms with E-state index in [0.29, 0.717) is 12.2 Å². The van der Waals surface area contributed by atoms with Crippen LogP contribution in [0.2, 0.25) is 0 Å². The molecule has 0 radical (unpaired) electrons. The summed E-state index contributed by atoms with van der Waals surface area (Å²) in [6.07, 6.45) is 0.868. The number of benzene rings is 1. The highest BCUT2D eigenvalue weighted by molar-refractivity contribution is 5.93. The quantitative estimate of drug-likeness (QED) is 0.433. The zero-order chi connectivity index (χ0) is 13.9. The van der Waals surface area contributed by atoms with Gasteiger partial charge >= 0.3 is 0 Å². The minimum absolute atomic E-state index is 0.343. The molecule has 0 unspecified atom stereocenters. The number of nitrogens with two attached hydrogens (primary N) is 1. The summed E-state index contributed by atoms with van der Waals surface area (Å²) in [7, 11) is 0. The monoisotopic (exact) mass is 271 g/mol. The molecule has 0 atom stereocenters. The molecule has 6 nitrogen and oxygen atoms in total. The number of fused-ring (bicyclic) bond motifs is 1. The van der Waals surface area contributed by atoms with Crippen LogP contribution in [0.15, 0.2) is 30.3 Å². The van der Waals surface area contributed by atoms with Crippen molar-refractivity contribution in [3.8, 4) is 0 Å². The first-order chi connectivity index (χ1) is 9.78. The van der Waals surface area contributed by atoms with Crippen LogP contribution < -0.4 is 11.3 Å². The normalized spacial score (nSPS) is 14.8. The maximum atomic E-state index is 11.7. The van der Waals surface area contributed by atoms with Gasteiger partial charge in [-0.25, -0.2) is 5.84 Å². The lowest BCUT2D eigenvalue weighted by Crippen LogP contribution is -2.34. The van der Waals surface area contributed by atoms with Gasteiger partial charge in [0.2, 0.25) is 0 Å². The Balaban J connectivity index is 1.77. The van der Waals surface area contributed by atoms with Crippen LogP contribution in [-0.4, -0.2) is 27.5 Å². The maximum Gasteiger partial charge on any atom is 0.285 e. The van der Waals surface area contributed by atoms with Crippen LogP contribution in [0.4, 0.5) is 0 Å². The van der Waals surface area contributed by atoms with Crippen molar-refractivity contribution in [2.24, 2.45) is 5.84 Å². The number of rotatable bonds is 3. The van der Waals surface area contributed by atoms with E-state index in [1.165, 1.54) is 5.56 Å². The lowest BCUT2D eigenvalue weighted by molar-refractivity contribution is 0.0946.